The third kappa shape index (κ3) is 351. The molecule has 0 amide bonds. The van der Waals surface area contributed by atoms with Gasteiger partial charge in [-0.05, 0) is 0 Å². The van der Waals surface area contributed by atoms with Gasteiger partial charge < -0.3 is 25.6 Å². The summed E-state index contributed by atoms with van der Waals surface area (Å²) in [7, 11) is 0. The van der Waals surface area contributed by atoms with E-state index in [1.807, 2.05) is 0 Å². The van der Waals surface area contributed by atoms with E-state index in [0.29, 0.717) is 0 Å². The Hall–Kier alpha value is -2.92. The first-order valence-electron chi connectivity index (χ1n) is 4.28. The third-order valence-electron chi connectivity index (χ3n) is 0. The first-order valence-corrected chi connectivity index (χ1v) is 4.28. The molecule has 0 saturated carbocycles. The summed E-state index contributed by atoms with van der Waals surface area (Å²) in [6.45, 7) is 4.33. The minimum Gasteiger partial charge on any atom is -0.481 e. The molecule has 0 unspecified atom stereocenters. The van der Waals surface area contributed by atoms with Crippen molar-refractivity contribution in [2.75, 3.05) is 0 Å². The van der Waals surface area contributed by atoms with E-state index in [2.05, 4.69) is 0 Å². The van der Waals surface area contributed by atoms with Crippen molar-refractivity contribution in [3.8, 4) is 0 Å². The molecule has 20 heavy (non-hydrogen) atoms. The highest BCUT2D eigenvalue weighted by Gasteiger charge is 1.66. The lowest BCUT2D eigenvalue weighted by molar-refractivity contribution is -0.742. The smallest absolute Gasteiger partial charge is 0.300 e. The second-order valence-corrected chi connectivity index (χ2v) is 2.31. The van der Waals surface area contributed by atoms with Gasteiger partial charge in [0, 0.05) is 27.7 Å². The first kappa shape index (κ1) is 30.3. The molecule has 0 fully saturated rings. The molecule has 12 nitrogen and oxygen atoms in total. The van der Waals surface area contributed by atoms with E-state index in [4.69, 9.17) is 54.9 Å². The van der Waals surface area contributed by atoms with Gasteiger partial charge in [-0.25, -0.2) is 0 Å². The molecule has 0 aliphatic carbocycles. The van der Waals surface area contributed by atoms with Gasteiger partial charge in [-0.2, -0.15) is 0 Å². The zero-order valence-corrected chi connectivity index (χ0v) is 11.1. The summed E-state index contributed by atoms with van der Waals surface area (Å²) in [5, 5.41) is 43.3. The van der Waals surface area contributed by atoms with Crippen LogP contribution in [0.2, 0.25) is 0 Å². The maximum atomic E-state index is 9.00. The van der Waals surface area contributed by atoms with Gasteiger partial charge in [0.2, 0.25) is 0 Å². The van der Waals surface area contributed by atoms with E-state index in [0.717, 1.165) is 27.7 Å². The zero-order chi connectivity index (χ0) is 17.9. The van der Waals surface area contributed by atoms with Crippen LogP contribution in [-0.2, 0) is 19.2 Å². The van der Waals surface area contributed by atoms with Gasteiger partial charge in [-0.3, -0.25) is 19.2 Å². The fourth-order valence-corrected chi connectivity index (χ4v) is 0. The Kier molecular flexibility index (Phi) is 37.9. The Balaban J connectivity index is -0.0000000469. The molecule has 12 heteroatoms. The van der Waals surface area contributed by atoms with Gasteiger partial charge in [0.05, 0.1) is 0 Å². The van der Waals surface area contributed by atoms with Crippen LogP contribution in [0.15, 0.2) is 0 Å². The largest absolute Gasteiger partial charge is 0.481 e. The van der Waals surface area contributed by atoms with Gasteiger partial charge in [-0.15, -0.1) is 10.1 Å². The van der Waals surface area contributed by atoms with Gasteiger partial charge in [0.25, 0.3) is 29.0 Å². The third-order valence-corrected chi connectivity index (χ3v) is 0. The Morgan fingerprint density at radius 1 is 0.700 bits per heavy atom. The molecule has 120 valence electrons. The molecular weight excluding hydrogens is 286 g/mol. The van der Waals surface area contributed by atoms with Crippen molar-refractivity contribution in [2.45, 2.75) is 27.7 Å². The molecule has 0 atom stereocenters. The summed E-state index contributed by atoms with van der Waals surface area (Å²) >= 11 is 0. The number of hydrogen-bond donors (Lipinski definition) is 5. The summed E-state index contributed by atoms with van der Waals surface area (Å²) in [5.41, 5.74) is 0. The second kappa shape index (κ2) is 25.1. The van der Waals surface area contributed by atoms with Crippen molar-refractivity contribution < 1.29 is 49.9 Å². The van der Waals surface area contributed by atoms with Crippen LogP contribution in [-0.4, -0.2) is 54.6 Å². The van der Waals surface area contributed by atoms with Crippen LogP contribution in [0.5, 0.6) is 0 Å². The monoisotopic (exact) mass is 303 g/mol. The molecule has 0 aliphatic rings. The van der Waals surface area contributed by atoms with Crippen molar-refractivity contribution >= 4 is 23.9 Å². The zero-order valence-electron chi connectivity index (χ0n) is 11.1. The van der Waals surface area contributed by atoms with E-state index >= 15 is 0 Å². The molecule has 0 saturated heterocycles. The Labute approximate surface area is 113 Å². The first-order chi connectivity index (χ1) is 8.66. The summed E-state index contributed by atoms with van der Waals surface area (Å²) < 4.78 is 0. The van der Waals surface area contributed by atoms with E-state index in [9.17, 15) is 0 Å². The van der Waals surface area contributed by atoms with Crippen LogP contribution in [0.3, 0.4) is 0 Å². The number of hydrogen-bond acceptors (Lipinski definition) is 6. The molecule has 0 aliphatic heterocycles. The summed E-state index contributed by atoms with van der Waals surface area (Å²) in [5.74, 6) is -3.33. The number of rotatable bonds is 0. The van der Waals surface area contributed by atoms with Gasteiger partial charge in [-0.1, -0.05) is 0 Å². The maximum Gasteiger partial charge on any atom is 0.300 e. The molecular formula is C8H17NO11. The number of nitrogens with zero attached hydrogens (tertiary/aromatic N) is 1. The number of carbonyl (C=O) groups is 4. The SMILES string of the molecule is CC(=O)O.CC(=O)O.CC(=O)O.CC(=O)O.O=[N+]([O-])O. The maximum absolute atomic E-state index is 9.00. The molecule has 0 rings (SSSR count). The number of aliphatic carboxylic acids is 4. The fraction of sp³-hybridized carbons (Fsp3) is 0.500. The number of carboxylic acids is 4. The van der Waals surface area contributed by atoms with Crippen molar-refractivity contribution in [1.29, 1.82) is 0 Å². The second-order valence-electron chi connectivity index (χ2n) is 2.31. The molecule has 0 bridgehead atoms. The molecule has 0 aromatic rings. The molecule has 0 aromatic carbocycles. The van der Waals surface area contributed by atoms with E-state index < -0.39 is 29.0 Å². The summed E-state index contributed by atoms with van der Waals surface area (Å²) in [6, 6.07) is 0. The van der Waals surface area contributed by atoms with Gasteiger partial charge >= 0.3 is 0 Å². The predicted molar refractivity (Wildman–Crippen MR) is 62.0 cm³/mol. The highest BCUT2D eigenvalue weighted by atomic mass is 16.9. The summed E-state index contributed by atoms with van der Waals surface area (Å²) in [4.78, 5) is 44.4. The van der Waals surface area contributed by atoms with Crippen LogP contribution in [0, 0.1) is 10.1 Å². The standard InChI is InChI=1S/4C2H4O2.HNO3/c4*1-2(3)4;2-1(3)4/h4*1H3,(H,3,4);(H,2,3,4). The number of carboxylic acid groups (broad SMARTS) is 4. The average molecular weight is 303 g/mol. The van der Waals surface area contributed by atoms with E-state index in [1.54, 1.807) is 0 Å². The molecule has 0 heterocycles. The lowest BCUT2D eigenvalue weighted by Gasteiger charge is -1.59. The van der Waals surface area contributed by atoms with Gasteiger partial charge in [0.15, 0.2) is 0 Å². The minimum atomic E-state index is -1.50. The Bertz CT molecular complexity index is 209. The van der Waals surface area contributed by atoms with E-state index in [1.165, 1.54) is 0 Å². The topological polar surface area (TPSA) is 213 Å². The lowest BCUT2D eigenvalue weighted by Crippen LogP contribution is -1.81. The lowest BCUT2D eigenvalue weighted by atomic mass is 10.9. The summed E-state index contributed by atoms with van der Waals surface area (Å²) in [6.07, 6.45) is 0. The Morgan fingerprint density at radius 3 is 0.700 bits per heavy atom. The van der Waals surface area contributed by atoms with Gasteiger partial charge in [0.1, 0.15) is 0 Å². The van der Waals surface area contributed by atoms with Crippen LogP contribution < -0.4 is 0 Å². The van der Waals surface area contributed by atoms with Crippen molar-refractivity contribution in [3.05, 3.63) is 10.1 Å². The van der Waals surface area contributed by atoms with E-state index in [-0.39, 0.29) is 0 Å². The highest BCUT2D eigenvalue weighted by molar-refractivity contribution is 5.63. The average Bonchev–Trinajstić information content (AvgIpc) is 1.94. The van der Waals surface area contributed by atoms with Crippen LogP contribution in [0.25, 0.3) is 0 Å². The molecule has 0 radical (unpaired) electrons. The molecule has 0 spiro atoms. The minimum absolute atomic E-state index is 0.833. The fourth-order valence-electron chi connectivity index (χ4n) is 0. The van der Waals surface area contributed by atoms with Crippen molar-refractivity contribution in [2.24, 2.45) is 0 Å². The molecule has 5 N–H and O–H groups in total. The molecule has 0 aromatic heterocycles. The van der Waals surface area contributed by atoms with Crippen molar-refractivity contribution in [1.82, 2.24) is 0 Å². The van der Waals surface area contributed by atoms with Crippen molar-refractivity contribution in [3.63, 3.8) is 0 Å². The van der Waals surface area contributed by atoms with Crippen LogP contribution in [0.1, 0.15) is 27.7 Å². The van der Waals surface area contributed by atoms with Crippen LogP contribution >= 0.6 is 0 Å². The Morgan fingerprint density at radius 2 is 0.700 bits per heavy atom. The predicted octanol–water partition coefficient (Wildman–Crippen LogP) is 0.0159. The highest BCUT2D eigenvalue weighted by Crippen LogP contribution is 1.43. The normalized spacial score (nSPS) is 6.20. The quantitative estimate of drug-likeness (QED) is 0.297. The van der Waals surface area contributed by atoms with Crippen LogP contribution in [0.4, 0.5) is 0 Å².